The summed E-state index contributed by atoms with van der Waals surface area (Å²) in [6.45, 7) is 2.16. The highest BCUT2D eigenvalue weighted by Crippen LogP contribution is 2.45. The van der Waals surface area contributed by atoms with Crippen LogP contribution in [0.25, 0.3) is 28.9 Å². The first-order chi connectivity index (χ1) is 20.2. The fourth-order valence-corrected chi connectivity index (χ4v) is 4.24. The number of aromatic nitrogens is 7. The summed E-state index contributed by atoms with van der Waals surface area (Å²) in [5.41, 5.74) is 1.97. The standard InChI is InChI=1S/C28H27F3N8O3/c1-4-42-21(40)10-8-17-11-33-25(22-23(16-5-6-16)35-15-36-27(22)41-3)38-24(17)34-13-19-9-7-18(12-32-19)26-37-20(14-39(26)2)28(29,30)31/h7-12,14-16H,4-6,13H2,1-3H3,(H,33,34,38)/b10-8+. The fraction of sp³-hybridized carbons (Fsp3) is 0.321. The van der Waals surface area contributed by atoms with Gasteiger partial charge in [0.1, 0.15) is 23.5 Å². The second-order valence-corrected chi connectivity index (χ2v) is 9.45. The lowest BCUT2D eigenvalue weighted by Crippen LogP contribution is -2.08. The topological polar surface area (TPSA) is 130 Å². The maximum Gasteiger partial charge on any atom is 0.434 e. The minimum absolute atomic E-state index is 0.145. The lowest BCUT2D eigenvalue weighted by molar-refractivity contribution is -0.141. The number of esters is 1. The van der Waals surface area contributed by atoms with E-state index in [1.165, 1.54) is 37.3 Å². The Morgan fingerprint density at radius 3 is 2.60 bits per heavy atom. The van der Waals surface area contributed by atoms with Crippen molar-refractivity contribution < 1.29 is 27.4 Å². The zero-order chi connectivity index (χ0) is 29.9. The van der Waals surface area contributed by atoms with Crippen LogP contribution in [0.5, 0.6) is 5.88 Å². The van der Waals surface area contributed by atoms with Crippen molar-refractivity contribution in [2.75, 3.05) is 19.0 Å². The van der Waals surface area contributed by atoms with Crippen LogP contribution >= 0.6 is 0 Å². The van der Waals surface area contributed by atoms with E-state index in [0.29, 0.717) is 39.9 Å². The second kappa shape index (κ2) is 11.9. The molecule has 0 unspecified atom stereocenters. The molecule has 11 nitrogen and oxygen atoms in total. The zero-order valence-corrected chi connectivity index (χ0v) is 23.0. The minimum atomic E-state index is -4.54. The van der Waals surface area contributed by atoms with Gasteiger partial charge in [-0.2, -0.15) is 13.2 Å². The van der Waals surface area contributed by atoms with Crippen LogP contribution in [-0.2, 0) is 29.3 Å². The van der Waals surface area contributed by atoms with E-state index in [4.69, 9.17) is 14.5 Å². The molecule has 0 aliphatic heterocycles. The summed E-state index contributed by atoms with van der Waals surface area (Å²) in [7, 11) is 3.01. The number of ether oxygens (including phenoxy) is 2. The van der Waals surface area contributed by atoms with Gasteiger partial charge in [0.25, 0.3) is 0 Å². The maximum absolute atomic E-state index is 13.1. The summed E-state index contributed by atoms with van der Waals surface area (Å²) in [6, 6.07) is 3.33. The Balaban J connectivity index is 1.43. The molecule has 218 valence electrons. The predicted octanol–water partition coefficient (Wildman–Crippen LogP) is 4.82. The van der Waals surface area contributed by atoms with Gasteiger partial charge >= 0.3 is 12.1 Å². The van der Waals surface area contributed by atoms with Crippen molar-refractivity contribution in [3.63, 3.8) is 0 Å². The molecule has 4 aromatic rings. The molecule has 0 aromatic carbocycles. The lowest BCUT2D eigenvalue weighted by atomic mass is 10.1. The number of pyridine rings is 1. The first-order valence-electron chi connectivity index (χ1n) is 13.1. The molecule has 14 heteroatoms. The molecule has 1 N–H and O–H groups in total. The van der Waals surface area contributed by atoms with E-state index < -0.39 is 17.8 Å². The molecule has 0 spiro atoms. The van der Waals surface area contributed by atoms with E-state index in [-0.39, 0.29) is 24.9 Å². The predicted molar refractivity (Wildman–Crippen MR) is 146 cm³/mol. The average molecular weight is 581 g/mol. The highest BCUT2D eigenvalue weighted by molar-refractivity contribution is 5.88. The van der Waals surface area contributed by atoms with E-state index in [1.54, 1.807) is 31.3 Å². The number of carbonyl (C=O) groups is 1. The molecule has 0 radical (unpaired) electrons. The molecule has 1 saturated carbocycles. The van der Waals surface area contributed by atoms with Gasteiger partial charge in [0.15, 0.2) is 11.5 Å². The Morgan fingerprint density at radius 1 is 1.14 bits per heavy atom. The fourth-order valence-electron chi connectivity index (χ4n) is 4.24. The van der Waals surface area contributed by atoms with E-state index in [0.717, 1.165) is 24.7 Å². The normalized spacial score (nSPS) is 13.4. The Bertz CT molecular complexity index is 1620. The van der Waals surface area contributed by atoms with Crippen LogP contribution in [0.2, 0.25) is 0 Å². The number of methoxy groups -OCH3 is 1. The maximum atomic E-state index is 13.1. The van der Waals surface area contributed by atoms with Gasteiger partial charge < -0.3 is 19.4 Å². The molecule has 0 atom stereocenters. The van der Waals surface area contributed by atoms with Crippen LogP contribution in [0.3, 0.4) is 0 Å². The van der Waals surface area contributed by atoms with Crippen molar-refractivity contribution >= 4 is 17.9 Å². The summed E-state index contributed by atoms with van der Waals surface area (Å²) >= 11 is 0. The summed E-state index contributed by atoms with van der Waals surface area (Å²) < 4.78 is 51.0. The molecular weight excluding hydrogens is 553 g/mol. The van der Waals surface area contributed by atoms with Gasteiger partial charge in [-0.05, 0) is 38.0 Å². The number of halogens is 3. The highest BCUT2D eigenvalue weighted by Gasteiger charge is 2.34. The van der Waals surface area contributed by atoms with Crippen LogP contribution in [0.4, 0.5) is 19.0 Å². The number of alkyl halides is 3. The Kier molecular flexibility index (Phi) is 8.13. The number of anilines is 1. The first kappa shape index (κ1) is 28.6. The van der Waals surface area contributed by atoms with Crippen LogP contribution < -0.4 is 10.1 Å². The average Bonchev–Trinajstić information content (AvgIpc) is 3.75. The van der Waals surface area contributed by atoms with Crippen LogP contribution in [0.15, 0.2) is 43.1 Å². The molecule has 5 rings (SSSR count). The molecular formula is C28H27F3N8O3. The monoisotopic (exact) mass is 580 g/mol. The quantitative estimate of drug-likeness (QED) is 0.206. The summed E-state index contributed by atoms with van der Waals surface area (Å²) in [6.07, 6.45) is 5.69. The molecule has 0 amide bonds. The third-order valence-corrected chi connectivity index (χ3v) is 6.41. The van der Waals surface area contributed by atoms with Crippen molar-refractivity contribution in [3.05, 3.63) is 65.8 Å². The third-order valence-electron chi connectivity index (χ3n) is 6.41. The van der Waals surface area contributed by atoms with Crippen LogP contribution in [0, 0.1) is 0 Å². The van der Waals surface area contributed by atoms with Gasteiger partial charge in [-0.15, -0.1) is 0 Å². The number of rotatable bonds is 10. The number of carbonyl (C=O) groups excluding carboxylic acids is 1. The van der Waals surface area contributed by atoms with Crippen LogP contribution in [0.1, 0.15) is 48.3 Å². The van der Waals surface area contributed by atoms with Gasteiger partial charge in [-0.3, -0.25) is 4.98 Å². The van der Waals surface area contributed by atoms with Crippen molar-refractivity contribution in [2.24, 2.45) is 7.05 Å². The molecule has 1 fully saturated rings. The Hall–Kier alpha value is -4.88. The third kappa shape index (κ3) is 6.37. The molecule has 42 heavy (non-hydrogen) atoms. The summed E-state index contributed by atoms with van der Waals surface area (Å²) in [4.78, 5) is 38.0. The highest BCUT2D eigenvalue weighted by atomic mass is 19.4. The summed E-state index contributed by atoms with van der Waals surface area (Å²) in [5, 5.41) is 3.22. The van der Waals surface area contributed by atoms with Crippen molar-refractivity contribution in [3.8, 4) is 28.7 Å². The first-order valence-corrected chi connectivity index (χ1v) is 13.1. The van der Waals surface area contributed by atoms with Gasteiger partial charge in [0, 0.05) is 48.8 Å². The molecule has 0 bridgehead atoms. The zero-order valence-electron chi connectivity index (χ0n) is 23.0. The molecule has 4 heterocycles. The summed E-state index contributed by atoms with van der Waals surface area (Å²) in [5.74, 6) is 1.01. The largest absolute Gasteiger partial charge is 0.480 e. The number of imidazole rings is 1. The number of hydrogen-bond donors (Lipinski definition) is 1. The number of nitrogens with one attached hydrogen (secondary N) is 1. The molecule has 1 aliphatic rings. The van der Waals surface area contributed by atoms with Crippen molar-refractivity contribution in [2.45, 2.75) is 38.4 Å². The number of aryl methyl sites for hydroxylation is 1. The van der Waals surface area contributed by atoms with Gasteiger partial charge in [0.05, 0.1) is 31.6 Å². The van der Waals surface area contributed by atoms with E-state index in [1.807, 2.05) is 0 Å². The van der Waals surface area contributed by atoms with Crippen molar-refractivity contribution in [1.82, 2.24) is 34.5 Å². The van der Waals surface area contributed by atoms with E-state index >= 15 is 0 Å². The Morgan fingerprint density at radius 2 is 1.95 bits per heavy atom. The van der Waals surface area contributed by atoms with Gasteiger partial charge in [0.2, 0.25) is 5.88 Å². The SMILES string of the molecule is CCOC(=O)/C=C/c1cnc(-c2c(OC)ncnc2C2CC2)nc1NCc1ccc(-c2nc(C(F)(F)F)cn2C)cn1. The Labute approximate surface area is 238 Å². The van der Waals surface area contributed by atoms with Crippen molar-refractivity contribution in [1.29, 1.82) is 0 Å². The number of hydrogen-bond acceptors (Lipinski definition) is 10. The van der Waals surface area contributed by atoms with E-state index in [2.05, 4.69) is 30.2 Å². The van der Waals surface area contributed by atoms with Crippen LogP contribution in [-0.4, -0.2) is 54.2 Å². The lowest BCUT2D eigenvalue weighted by Gasteiger charge is -2.14. The molecule has 4 aromatic heterocycles. The number of nitrogens with zero attached hydrogens (tertiary/aromatic N) is 7. The van der Waals surface area contributed by atoms with E-state index in [9.17, 15) is 18.0 Å². The van der Waals surface area contributed by atoms with Gasteiger partial charge in [-0.25, -0.2) is 29.7 Å². The van der Waals surface area contributed by atoms with Gasteiger partial charge in [-0.1, -0.05) is 0 Å². The second-order valence-electron chi connectivity index (χ2n) is 9.45. The minimum Gasteiger partial charge on any atom is -0.480 e. The molecule has 1 aliphatic carbocycles. The smallest absolute Gasteiger partial charge is 0.434 e. The molecule has 0 saturated heterocycles.